The van der Waals surface area contributed by atoms with Gasteiger partial charge in [-0.2, -0.15) is 0 Å². The van der Waals surface area contributed by atoms with Crippen molar-refractivity contribution < 1.29 is 14.7 Å². The van der Waals surface area contributed by atoms with E-state index in [9.17, 15) is 9.59 Å². The summed E-state index contributed by atoms with van der Waals surface area (Å²) in [6.45, 7) is 3.61. The second-order valence-electron chi connectivity index (χ2n) is 3.83. The largest absolute Gasteiger partial charge is 0.481 e. The van der Waals surface area contributed by atoms with Crippen LogP contribution in [0.15, 0.2) is 0 Å². The molecular weight excluding hydrogens is 224 g/mol. The highest BCUT2D eigenvalue weighted by Crippen LogP contribution is 1.98. The van der Waals surface area contributed by atoms with Gasteiger partial charge in [0.25, 0.3) is 5.91 Å². The molecule has 1 aromatic rings. The number of hydrogen-bond acceptors (Lipinski definition) is 4. The Morgan fingerprint density at radius 2 is 2.24 bits per heavy atom. The summed E-state index contributed by atoms with van der Waals surface area (Å²) in [6, 6.07) is -0.451. The fourth-order valence-electron chi connectivity index (χ4n) is 1.35. The van der Waals surface area contributed by atoms with E-state index in [-0.39, 0.29) is 12.2 Å². The zero-order chi connectivity index (χ0) is 12.8. The lowest BCUT2D eigenvalue weighted by molar-refractivity contribution is -0.137. The Morgan fingerprint density at radius 1 is 1.53 bits per heavy atom. The molecule has 0 radical (unpaired) electrons. The lowest BCUT2D eigenvalue weighted by Gasteiger charge is -2.08. The number of nitrogens with zero attached hydrogens (tertiary/aromatic N) is 2. The van der Waals surface area contributed by atoms with Crippen LogP contribution in [-0.2, 0) is 11.2 Å². The number of carbonyl (C=O) groups excluding carboxylic acids is 1. The van der Waals surface area contributed by atoms with Gasteiger partial charge in [-0.05, 0) is 13.3 Å². The quantitative estimate of drug-likeness (QED) is 0.665. The average Bonchev–Trinajstić information content (AvgIpc) is 2.65. The van der Waals surface area contributed by atoms with Gasteiger partial charge in [0.05, 0.1) is 6.42 Å². The molecule has 0 spiro atoms. The number of H-pyrrole nitrogens is 1. The molecule has 0 aliphatic rings. The van der Waals surface area contributed by atoms with E-state index < -0.39 is 17.9 Å². The van der Waals surface area contributed by atoms with E-state index in [0.29, 0.717) is 5.82 Å². The molecule has 3 N–H and O–H groups in total. The van der Waals surface area contributed by atoms with Crippen LogP contribution in [0.4, 0.5) is 0 Å². The highest BCUT2D eigenvalue weighted by molar-refractivity contribution is 5.90. The first kappa shape index (κ1) is 13.1. The third-order valence-electron chi connectivity index (χ3n) is 2.08. The van der Waals surface area contributed by atoms with E-state index in [1.807, 2.05) is 6.92 Å². The number of amides is 1. The van der Waals surface area contributed by atoms with E-state index in [1.54, 1.807) is 6.92 Å². The van der Waals surface area contributed by atoms with Gasteiger partial charge < -0.3 is 10.4 Å². The first-order valence-corrected chi connectivity index (χ1v) is 5.46. The number of aryl methyl sites for hydroxylation is 1. The highest BCUT2D eigenvalue weighted by Gasteiger charge is 2.16. The molecule has 1 aromatic heterocycles. The lowest BCUT2D eigenvalue weighted by atomic mass is 10.2. The molecule has 0 aliphatic heterocycles. The lowest BCUT2D eigenvalue weighted by Crippen LogP contribution is -2.34. The molecule has 0 aromatic carbocycles. The summed E-state index contributed by atoms with van der Waals surface area (Å²) in [7, 11) is 0. The third kappa shape index (κ3) is 4.21. The van der Waals surface area contributed by atoms with Gasteiger partial charge in [0, 0.05) is 12.5 Å². The van der Waals surface area contributed by atoms with Crippen LogP contribution in [0.25, 0.3) is 0 Å². The van der Waals surface area contributed by atoms with Crippen molar-refractivity contribution in [3.63, 3.8) is 0 Å². The summed E-state index contributed by atoms with van der Waals surface area (Å²) >= 11 is 0. The molecule has 7 heteroatoms. The van der Waals surface area contributed by atoms with Gasteiger partial charge in [-0.25, -0.2) is 4.98 Å². The van der Waals surface area contributed by atoms with Crippen molar-refractivity contribution in [3.05, 3.63) is 11.6 Å². The van der Waals surface area contributed by atoms with E-state index in [4.69, 9.17) is 5.11 Å². The third-order valence-corrected chi connectivity index (χ3v) is 2.08. The summed E-state index contributed by atoms with van der Waals surface area (Å²) in [5, 5.41) is 17.5. The van der Waals surface area contributed by atoms with Gasteiger partial charge >= 0.3 is 5.97 Å². The van der Waals surface area contributed by atoms with Crippen LogP contribution in [-0.4, -0.2) is 38.2 Å². The van der Waals surface area contributed by atoms with Crippen molar-refractivity contribution in [2.24, 2.45) is 0 Å². The molecule has 7 nitrogen and oxygen atoms in total. The topological polar surface area (TPSA) is 108 Å². The van der Waals surface area contributed by atoms with Crippen molar-refractivity contribution in [1.82, 2.24) is 20.5 Å². The molecule has 1 rings (SSSR count). The maximum atomic E-state index is 11.6. The van der Waals surface area contributed by atoms with Crippen molar-refractivity contribution in [1.29, 1.82) is 0 Å². The number of aromatic nitrogens is 3. The van der Waals surface area contributed by atoms with E-state index in [2.05, 4.69) is 20.5 Å². The Bertz CT molecular complexity index is 402. The number of hydrogen-bond donors (Lipinski definition) is 3. The summed E-state index contributed by atoms with van der Waals surface area (Å²) < 4.78 is 0. The molecule has 1 unspecified atom stereocenters. The molecule has 0 aliphatic carbocycles. The normalized spacial score (nSPS) is 12.1. The van der Waals surface area contributed by atoms with Crippen LogP contribution in [0, 0.1) is 0 Å². The van der Waals surface area contributed by atoms with Gasteiger partial charge in [-0.1, -0.05) is 6.92 Å². The van der Waals surface area contributed by atoms with Gasteiger partial charge in [-0.3, -0.25) is 14.7 Å². The second kappa shape index (κ2) is 5.97. The Labute approximate surface area is 98.6 Å². The van der Waals surface area contributed by atoms with Crippen LogP contribution in [0.5, 0.6) is 0 Å². The van der Waals surface area contributed by atoms with E-state index in [1.165, 1.54) is 0 Å². The zero-order valence-electron chi connectivity index (χ0n) is 9.86. The predicted octanol–water partition coefficient (Wildman–Crippen LogP) is 0.350. The molecule has 0 bridgehead atoms. The second-order valence-corrected chi connectivity index (χ2v) is 3.83. The highest BCUT2D eigenvalue weighted by atomic mass is 16.4. The van der Waals surface area contributed by atoms with Crippen molar-refractivity contribution in [2.45, 2.75) is 39.2 Å². The van der Waals surface area contributed by atoms with Crippen LogP contribution < -0.4 is 5.32 Å². The zero-order valence-corrected chi connectivity index (χ0v) is 9.86. The van der Waals surface area contributed by atoms with Crippen molar-refractivity contribution in [2.75, 3.05) is 0 Å². The van der Waals surface area contributed by atoms with Crippen LogP contribution >= 0.6 is 0 Å². The molecule has 1 amide bonds. The van der Waals surface area contributed by atoms with E-state index in [0.717, 1.165) is 12.8 Å². The minimum absolute atomic E-state index is 0.0469. The number of carboxylic acids is 1. The number of carbonyl (C=O) groups is 2. The SMILES string of the molecule is CCCc1nc(C(=O)NC(C)CC(=O)O)n[nH]1. The molecule has 0 fully saturated rings. The molecule has 1 atom stereocenters. The van der Waals surface area contributed by atoms with Crippen LogP contribution in [0.3, 0.4) is 0 Å². The van der Waals surface area contributed by atoms with Crippen molar-refractivity contribution in [3.8, 4) is 0 Å². The van der Waals surface area contributed by atoms with Crippen LogP contribution in [0.2, 0.25) is 0 Å². The molecule has 1 heterocycles. The number of rotatable bonds is 6. The molecular formula is C10H16N4O3. The Hall–Kier alpha value is -1.92. The standard InChI is InChI=1S/C10H16N4O3/c1-3-4-7-12-9(14-13-7)10(17)11-6(2)5-8(15)16/h6H,3-5H2,1-2H3,(H,11,17)(H,15,16)(H,12,13,14). The van der Waals surface area contributed by atoms with Gasteiger partial charge in [0.15, 0.2) is 0 Å². The maximum absolute atomic E-state index is 11.6. The fourth-order valence-corrected chi connectivity index (χ4v) is 1.35. The Morgan fingerprint density at radius 3 is 2.82 bits per heavy atom. The Kier molecular flexibility index (Phi) is 4.62. The number of aliphatic carboxylic acids is 1. The molecule has 0 saturated carbocycles. The minimum Gasteiger partial charge on any atom is -0.481 e. The maximum Gasteiger partial charge on any atom is 0.305 e. The summed E-state index contributed by atoms with van der Waals surface area (Å²) in [6.07, 6.45) is 1.51. The average molecular weight is 240 g/mol. The molecule has 17 heavy (non-hydrogen) atoms. The van der Waals surface area contributed by atoms with E-state index >= 15 is 0 Å². The summed E-state index contributed by atoms with van der Waals surface area (Å²) in [5.74, 6) is -0.717. The Balaban J connectivity index is 2.54. The molecule has 0 saturated heterocycles. The van der Waals surface area contributed by atoms with Crippen molar-refractivity contribution >= 4 is 11.9 Å². The summed E-state index contributed by atoms with van der Waals surface area (Å²) in [4.78, 5) is 26.0. The van der Waals surface area contributed by atoms with Gasteiger partial charge in [-0.15, -0.1) is 5.10 Å². The monoisotopic (exact) mass is 240 g/mol. The van der Waals surface area contributed by atoms with Gasteiger partial charge in [0.1, 0.15) is 5.82 Å². The predicted molar refractivity (Wildman–Crippen MR) is 59.6 cm³/mol. The number of carboxylic acid groups (broad SMARTS) is 1. The number of aromatic amines is 1. The minimum atomic E-state index is -0.959. The van der Waals surface area contributed by atoms with Crippen LogP contribution in [0.1, 0.15) is 43.1 Å². The molecule has 94 valence electrons. The first-order valence-electron chi connectivity index (χ1n) is 5.46. The fraction of sp³-hybridized carbons (Fsp3) is 0.600. The number of nitrogens with one attached hydrogen (secondary N) is 2. The summed E-state index contributed by atoms with van der Waals surface area (Å²) in [5.41, 5.74) is 0. The first-order chi connectivity index (χ1) is 8.02. The smallest absolute Gasteiger partial charge is 0.305 e. The van der Waals surface area contributed by atoms with Gasteiger partial charge in [0.2, 0.25) is 5.82 Å².